The quantitative estimate of drug-likeness (QED) is 0.342. The minimum atomic E-state index is -0.612. The van der Waals surface area contributed by atoms with Crippen LogP contribution in [0.2, 0.25) is 0 Å². The summed E-state index contributed by atoms with van der Waals surface area (Å²) in [6.45, 7) is 2.28. The Morgan fingerprint density at radius 1 is 0.967 bits per heavy atom. The molecule has 0 radical (unpaired) electrons. The van der Waals surface area contributed by atoms with Crippen molar-refractivity contribution in [3.8, 4) is 11.5 Å². The number of hydrogen-bond acceptors (Lipinski definition) is 7. The molecule has 1 heterocycles. The topological polar surface area (TPSA) is 82.1 Å². The third-order valence-electron chi connectivity index (χ3n) is 4.01. The predicted molar refractivity (Wildman–Crippen MR) is 113 cm³/mol. The van der Waals surface area contributed by atoms with Gasteiger partial charge in [0.2, 0.25) is 0 Å². The van der Waals surface area contributed by atoms with E-state index in [4.69, 9.17) is 14.2 Å². The van der Waals surface area contributed by atoms with Crippen LogP contribution in [0.4, 0.5) is 4.79 Å². The molecular weight excluding hydrogens is 406 g/mol. The first-order valence-electron chi connectivity index (χ1n) is 9.38. The van der Waals surface area contributed by atoms with E-state index in [0.29, 0.717) is 19.0 Å². The molecule has 0 atom stereocenters. The number of nitrogens with zero attached hydrogens (tertiary/aromatic N) is 1. The largest absolute Gasteiger partial charge is 0.490 e. The number of esters is 1. The van der Waals surface area contributed by atoms with Crippen LogP contribution in [-0.4, -0.2) is 48.4 Å². The summed E-state index contributed by atoms with van der Waals surface area (Å²) in [4.78, 5) is 37.1. The van der Waals surface area contributed by atoms with Gasteiger partial charge < -0.3 is 14.2 Å². The van der Waals surface area contributed by atoms with Gasteiger partial charge in [0.05, 0.1) is 11.5 Å². The van der Waals surface area contributed by atoms with E-state index in [-0.39, 0.29) is 18.1 Å². The third-order valence-corrected chi connectivity index (χ3v) is 4.92. The minimum absolute atomic E-state index is 0.192. The summed E-state index contributed by atoms with van der Waals surface area (Å²) in [6, 6.07) is 16.6. The molecule has 2 amide bonds. The van der Waals surface area contributed by atoms with Gasteiger partial charge in [0.1, 0.15) is 31.3 Å². The lowest BCUT2D eigenvalue weighted by atomic mass is 10.2. The summed E-state index contributed by atoms with van der Waals surface area (Å²) in [5.74, 6) is 0.336. The van der Waals surface area contributed by atoms with Gasteiger partial charge in [-0.3, -0.25) is 19.3 Å². The molecule has 2 aromatic rings. The summed E-state index contributed by atoms with van der Waals surface area (Å²) in [7, 11) is 0. The van der Waals surface area contributed by atoms with Crippen LogP contribution in [-0.2, 0) is 14.3 Å². The molecule has 1 saturated heterocycles. The van der Waals surface area contributed by atoms with E-state index < -0.39 is 17.1 Å². The fourth-order valence-corrected chi connectivity index (χ4v) is 3.46. The van der Waals surface area contributed by atoms with Gasteiger partial charge >= 0.3 is 5.97 Å². The average Bonchev–Trinajstić information content (AvgIpc) is 3.00. The van der Waals surface area contributed by atoms with Crippen molar-refractivity contribution < 1.29 is 28.6 Å². The molecule has 0 aromatic heterocycles. The summed E-state index contributed by atoms with van der Waals surface area (Å²) < 4.78 is 16.0. The standard InChI is InChI=1S/C22H21NO6S/c1-2-27-20(24)15-23-21(25)19(30-22(23)26)14-16-8-10-18(11-9-16)29-13-12-28-17-6-4-3-5-7-17/h3-11,14H,2,12-13,15H2,1H3/b19-14+. The Bertz CT molecular complexity index is 926. The van der Waals surface area contributed by atoms with Crippen LogP contribution in [0, 0.1) is 0 Å². The van der Waals surface area contributed by atoms with E-state index in [1.807, 2.05) is 30.3 Å². The summed E-state index contributed by atoms with van der Waals surface area (Å²) in [5.41, 5.74) is 0.740. The zero-order chi connectivity index (χ0) is 21.3. The van der Waals surface area contributed by atoms with Gasteiger partial charge in [-0.25, -0.2) is 0 Å². The number of hydrogen-bond donors (Lipinski definition) is 0. The highest BCUT2D eigenvalue weighted by molar-refractivity contribution is 8.18. The lowest BCUT2D eigenvalue weighted by Gasteiger charge is -2.10. The van der Waals surface area contributed by atoms with E-state index in [1.165, 1.54) is 0 Å². The first kappa shape index (κ1) is 21.4. The SMILES string of the molecule is CCOC(=O)CN1C(=O)S/C(=C/c2ccc(OCCOc3ccccc3)cc2)C1=O. The number of ether oxygens (including phenoxy) is 3. The van der Waals surface area contributed by atoms with Crippen molar-refractivity contribution in [3.63, 3.8) is 0 Å². The Labute approximate surface area is 178 Å². The molecule has 8 heteroatoms. The van der Waals surface area contributed by atoms with Gasteiger partial charge in [-0.05, 0) is 54.6 Å². The van der Waals surface area contributed by atoms with E-state index in [0.717, 1.165) is 28.0 Å². The third kappa shape index (κ3) is 5.87. The molecule has 0 bridgehead atoms. The van der Waals surface area contributed by atoms with Gasteiger partial charge in [-0.15, -0.1) is 0 Å². The maximum atomic E-state index is 12.4. The molecule has 156 valence electrons. The molecule has 2 aromatic carbocycles. The van der Waals surface area contributed by atoms with E-state index in [2.05, 4.69) is 0 Å². The second kappa shape index (κ2) is 10.5. The molecule has 1 aliphatic rings. The van der Waals surface area contributed by atoms with Crippen LogP contribution < -0.4 is 9.47 Å². The van der Waals surface area contributed by atoms with Gasteiger partial charge in [-0.1, -0.05) is 30.3 Å². The highest BCUT2D eigenvalue weighted by Gasteiger charge is 2.36. The Morgan fingerprint density at radius 3 is 2.23 bits per heavy atom. The molecule has 0 unspecified atom stereocenters. The maximum absolute atomic E-state index is 12.4. The summed E-state index contributed by atoms with van der Waals surface area (Å²) >= 11 is 0.799. The Morgan fingerprint density at radius 2 is 1.60 bits per heavy atom. The van der Waals surface area contributed by atoms with E-state index in [1.54, 1.807) is 37.3 Å². The Balaban J connectivity index is 1.52. The van der Waals surface area contributed by atoms with E-state index >= 15 is 0 Å². The van der Waals surface area contributed by atoms with Crippen molar-refractivity contribution in [1.82, 2.24) is 4.90 Å². The lowest BCUT2D eigenvalue weighted by molar-refractivity contribution is -0.145. The van der Waals surface area contributed by atoms with Crippen molar-refractivity contribution in [2.45, 2.75) is 6.92 Å². The predicted octanol–water partition coefficient (Wildman–Crippen LogP) is 3.74. The van der Waals surface area contributed by atoms with E-state index in [9.17, 15) is 14.4 Å². The van der Waals surface area contributed by atoms with Crippen LogP contribution in [0.1, 0.15) is 12.5 Å². The molecule has 3 rings (SSSR count). The lowest BCUT2D eigenvalue weighted by Crippen LogP contribution is -2.34. The number of imide groups is 1. The number of carbonyl (C=O) groups excluding carboxylic acids is 3. The van der Waals surface area contributed by atoms with Crippen LogP contribution >= 0.6 is 11.8 Å². The molecular formula is C22H21NO6S. The second-order valence-corrected chi connectivity index (χ2v) is 7.15. The highest BCUT2D eigenvalue weighted by Crippen LogP contribution is 2.32. The number of thioether (sulfide) groups is 1. The van der Waals surface area contributed by atoms with Crippen LogP contribution in [0.5, 0.6) is 11.5 Å². The van der Waals surface area contributed by atoms with Gasteiger partial charge in [0.25, 0.3) is 11.1 Å². The minimum Gasteiger partial charge on any atom is -0.490 e. The molecule has 0 N–H and O–H groups in total. The molecule has 1 aliphatic heterocycles. The van der Waals surface area contributed by atoms with Crippen LogP contribution in [0.25, 0.3) is 6.08 Å². The van der Waals surface area contributed by atoms with Crippen molar-refractivity contribution in [2.75, 3.05) is 26.4 Å². The monoisotopic (exact) mass is 427 g/mol. The smallest absolute Gasteiger partial charge is 0.326 e. The molecule has 1 fully saturated rings. The number of amides is 2. The van der Waals surface area contributed by atoms with Crippen molar-refractivity contribution in [2.24, 2.45) is 0 Å². The number of para-hydroxylation sites is 1. The average molecular weight is 427 g/mol. The first-order chi connectivity index (χ1) is 14.6. The van der Waals surface area contributed by atoms with Crippen LogP contribution in [0.3, 0.4) is 0 Å². The zero-order valence-corrected chi connectivity index (χ0v) is 17.2. The molecule has 0 aliphatic carbocycles. The van der Waals surface area contributed by atoms with Crippen molar-refractivity contribution in [1.29, 1.82) is 0 Å². The summed E-state index contributed by atoms with van der Waals surface area (Å²) in [5, 5.41) is -0.488. The van der Waals surface area contributed by atoms with Crippen molar-refractivity contribution >= 4 is 35.0 Å². The molecule has 7 nitrogen and oxygen atoms in total. The zero-order valence-electron chi connectivity index (χ0n) is 16.4. The van der Waals surface area contributed by atoms with Crippen molar-refractivity contribution in [3.05, 3.63) is 65.1 Å². The highest BCUT2D eigenvalue weighted by atomic mass is 32.2. The Hall–Kier alpha value is -3.26. The van der Waals surface area contributed by atoms with Gasteiger partial charge in [0, 0.05) is 0 Å². The first-order valence-corrected chi connectivity index (χ1v) is 10.2. The number of benzene rings is 2. The van der Waals surface area contributed by atoms with Crippen LogP contribution in [0.15, 0.2) is 59.5 Å². The Kier molecular flexibility index (Phi) is 7.51. The summed E-state index contributed by atoms with van der Waals surface area (Å²) in [6.07, 6.45) is 1.61. The fraction of sp³-hybridized carbons (Fsp3) is 0.227. The molecule has 0 saturated carbocycles. The van der Waals surface area contributed by atoms with Gasteiger partial charge in [0.15, 0.2) is 0 Å². The number of rotatable bonds is 9. The fourth-order valence-electron chi connectivity index (χ4n) is 2.62. The normalized spacial score (nSPS) is 14.8. The van der Waals surface area contributed by atoms with Gasteiger partial charge in [-0.2, -0.15) is 0 Å². The molecule has 0 spiro atoms. The number of carbonyl (C=O) groups is 3. The second-order valence-electron chi connectivity index (χ2n) is 6.15. The maximum Gasteiger partial charge on any atom is 0.326 e. The molecule has 30 heavy (non-hydrogen) atoms.